The van der Waals surface area contributed by atoms with Crippen molar-refractivity contribution < 1.29 is 9.84 Å². The fourth-order valence-electron chi connectivity index (χ4n) is 2.40. The molecule has 2 rings (SSSR count). The fraction of sp³-hybridized carbons (Fsp3) is 0.294. The largest absolute Gasteiger partial charge is 0.496 e. The van der Waals surface area contributed by atoms with Crippen molar-refractivity contribution in [3.63, 3.8) is 0 Å². The van der Waals surface area contributed by atoms with Gasteiger partial charge in [-0.25, -0.2) is 0 Å². The fourth-order valence-corrected chi connectivity index (χ4v) is 2.80. The summed E-state index contributed by atoms with van der Waals surface area (Å²) in [6.07, 6.45) is -0.692. The maximum Gasteiger partial charge on any atom is 0.125 e. The zero-order valence-corrected chi connectivity index (χ0v) is 13.8. The summed E-state index contributed by atoms with van der Waals surface area (Å²) < 4.78 is 6.43. The number of halogens is 1. The Morgan fingerprint density at radius 3 is 2.35 bits per heavy atom. The van der Waals surface area contributed by atoms with Crippen molar-refractivity contribution >= 4 is 15.9 Å². The molecule has 1 atom stereocenters. The van der Waals surface area contributed by atoms with Crippen LogP contribution in [0.15, 0.2) is 34.8 Å². The highest BCUT2D eigenvalue weighted by atomic mass is 79.9. The molecule has 0 spiro atoms. The molecular formula is C17H19BrO2. The molecule has 1 unspecified atom stereocenters. The Bertz CT molecular complexity index is 635. The minimum Gasteiger partial charge on any atom is -0.496 e. The lowest BCUT2D eigenvalue weighted by Gasteiger charge is -2.19. The van der Waals surface area contributed by atoms with E-state index in [4.69, 9.17) is 4.74 Å². The first kappa shape index (κ1) is 15.1. The molecule has 0 radical (unpaired) electrons. The van der Waals surface area contributed by atoms with Crippen LogP contribution in [0.5, 0.6) is 5.75 Å². The second kappa shape index (κ2) is 5.98. The van der Waals surface area contributed by atoms with E-state index in [0.717, 1.165) is 38.0 Å². The minimum absolute atomic E-state index is 0.692. The molecule has 2 aromatic carbocycles. The van der Waals surface area contributed by atoms with Crippen molar-refractivity contribution in [2.24, 2.45) is 0 Å². The van der Waals surface area contributed by atoms with Gasteiger partial charge >= 0.3 is 0 Å². The molecule has 2 aromatic rings. The smallest absolute Gasteiger partial charge is 0.125 e. The van der Waals surface area contributed by atoms with Gasteiger partial charge in [0.1, 0.15) is 11.9 Å². The van der Waals surface area contributed by atoms with Crippen molar-refractivity contribution in [1.82, 2.24) is 0 Å². The van der Waals surface area contributed by atoms with E-state index in [9.17, 15) is 5.11 Å². The first-order valence-corrected chi connectivity index (χ1v) is 7.32. The van der Waals surface area contributed by atoms with E-state index in [1.165, 1.54) is 0 Å². The first-order chi connectivity index (χ1) is 9.43. The normalized spacial score (nSPS) is 12.3. The molecule has 1 N–H and O–H groups in total. The summed E-state index contributed by atoms with van der Waals surface area (Å²) >= 11 is 3.51. The average molecular weight is 335 g/mol. The summed E-state index contributed by atoms with van der Waals surface area (Å²) in [5.74, 6) is 0.728. The van der Waals surface area contributed by atoms with Crippen LogP contribution in [0.4, 0.5) is 0 Å². The number of ether oxygens (including phenoxy) is 1. The number of aliphatic hydroxyl groups excluding tert-OH is 1. The van der Waals surface area contributed by atoms with Crippen molar-refractivity contribution in [2.75, 3.05) is 7.11 Å². The quantitative estimate of drug-likeness (QED) is 0.897. The van der Waals surface area contributed by atoms with E-state index in [-0.39, 0.29) is 0 Å². The van der Waals surface area contributed by atoms with Crippen molar-refractivity contribution in [1.29, 1.82) is 0 Å². The SMILES string of the molecule is COc1cc(C)cc(C)c1C(O)c1ccc(C)c(Br)c1. The second-order valence-corrected chi connectivity index (χ2v) is 5.96. The van der Waals surface area contributed by atoms with E-state index in [0.29, 0.717) is 0 Å². The predicted molar refractivity (Wildman–Crippen MR) is 85.4 cm³/mol. The molecule has 0 aliphatic carbocycles. The molecule has 0 bridgehead atoms. The number of aliphatic hydroxyl groups is 1. The van der Waals surface area contributed by atoms with Gasteiger partial charge in [-0.05, 0) is 55.2 Å². The van der Waals surface area contributed by atoms with Crippen LogP contribution in [0.25, 0.3) is 0 Å². The van der Waals surface area contributed by atoms with Gasteiger partial charge in [0.05, 0.1) is 7.11 Å². The van der Waals surface area contributed by atoms with Crippen molar-refractivity contribution in [2.45, 2.75) is 26.9 Å². The van der Waals surface area contributed by atoms with Crippen LogP contribution < -0.4 is 4.74 Å². The Hall–Kier alpha value is -1.32. The number of hydrogen-bond acceptors (Lipinski definition) is 2. The predicted octanol–water partition coefficient (Wildman–Crippen LogP) is 4.46. The summed E-state index contributed by atoms with van der Waals surface area (Å²) in [6, 6.07) is 9.92. The molecule has 2 nitrogen and oxygen atoms in total. The van der Waals surface area contributed by atoms with Crippen LogP contribution in [0, 0.1) is 20.8 Å². The summed E-state index contributed by atoms with van der Waals surface area (Å²) in [5, 5.41) is 10.7. The topological polar surface area (TPSA) is 29.5 Å². The molecule has 0 saturated heterocycles. The lowest BCUT2D eigenvalue weighted by molar-refractivity contribution is 0.214. The number of aryl methyl sites for hydroxylation is 3. The Morgan fingerprint density at radius 1 is 1.05 bits per heavy atom. The Kier molecular flexibility index (Phi) is 4.51. The van der Waals surface area contributed by atoms with Gasteiger partial charge in [-0.1, -0.05) is 34.1 Å². The third-order valence-corrected chi connectivity index (χ3v) is 4.35. The molecular weight excluding hydrogens is 316 g/mol. The zero-order chi connectivity index (χ0) is 14.9. The van der Waals surface area contributed by atoms with Gasteiger partial charge in [-0.15, -0.1) is 0 Å². The Balaban J connectivity index is 2.52. The van der Waals surface area contributed by atoms with E-state index in [2.05, 4.69) is 22.0 Å². The summed E-state index contributed by atoms with van der Waals surface area (Å²) in [5.41, 5.74) is 4.99. The molecule has 20 heavy (non-hydrogen) atoms. The summed E-state index contributed by atoms with van der Waals surface area (Å²) in [7, 11) is 1.63. The van der Waals surface area contributed by atoms with Gasteiger partial charge in [0.15, 0.2) is 0 Å². The van der Waals surface area contributed by atoms with E-state index < -0.39 is 6.10 Å². The summed E-state index contributed by atoms with van der Waals surface area (Å²) in [4.78, 5) is 0. The van der Waals surface area contributed by atoms with Gasteiger partial charge in [-0.2, -0.15) is 0 Å². The number of hydrogen-bond donors (Lipinski definition) is 1. The van der Waals surface area contributed by atoms with Gasteiger partial charge in [-0.3, -0.25) is 0 Å². The molecule has 0 aliphatic rings. The highest BCUT2D eigenvalue weighted by Crippen LogP contribution is 2.35. The summed E-state index contributed by atoms with van der Waals surface area (Å²) in [6.45, 7) is 6.05. The number of rotatable bonds is 3. The lowest BCUT2D eigenvalue weighted by Crippen LogP contribution is -2.05. The third-order valence-electron chi connectivity index (χ3n) is 3.50. The maximum absolute atomic E-state index is 10.7. The Labute approximate surface area is 128 Å². The standard InChI is InChI=1S/C17H19BrO2/c1-10-7-12(3)16(15(8-10)20-4)17(19)13-6-5-11(2)14(18)9-13/h5-9,17,19H,1-4H3. The van der Waals surface area contributed by atoms with Crippen LogP contribution in [-0.4, -0.2) is 12.2 Å². The lowest BCUT2D eigenvalue weighted by atomic mass is 9.94. The molecule has 106 valence electrons. The average Bonchev–Trinajstić information content (AvgIpc) is 2.40. The Morgan fingerprint density at radius 2 is 1.75 bits per heavy atom. The first-order valence-electron chi connectivity index (χ1n) is 6.53. The molecule has 0 heterocycles. The highest BCUT2D eigenvalue weighted by Gasteiger charge is 2.19. The monoisotopic (exact) mass is 334 g/mol. The molecule has 3 heteroatoms. The van der Waals surface area contributed by atoms with Gasteiger partial charge in [0, 0.05) is 10.0 Å². The van der Waals surface area contributed by atoms with Crippen molar-refractivity contribution in [3.05, 3.63) is 62.6 Å². The van der Waals surface area contributed by atoms with Crippen LogP contribution >= 0.6 is 15.9 Å². The van der Waals surface area contributed by atoms with E-state index in [1.807, 2.05) is 45.0 Å². The van der Waals surface area contributed by atoms with Crippen molar-refractivity contribution in [3.8, 4) is 5.75 Å². The van der Waals surface area contributed by atoms with Crippen LogP contribution in [-0.2, 0) is 0 Å². The molecule has 0 aliphatic heterocycles. The highest BCUT2D eigenvalue weighted by molar-refractivity contribution is 9.10. The maximum atomic E-state index is 10.7. The molecule has 0 fully saturated rings. The van der Waals surface area contributed by atoms with E-state index >= 15 is 0 Å². The zero-order valence-electron chi connectivity index (χ0n) is 12.2. The third kappa shape index (κ3) is 2.89. The van der Waals surface area contributed by atoms with Crippen LogP contribution in [0.3, 0.4) is 0 Å². The van der Waals surface area contributed by atoms with Gasteiger partial charge in [0.25, 0.3) is 0 Å². The van der Waals surface area contributed by atoms with Crippen LogP contribution in [0.2, 0.25) is 0 Å². The van der Waals surface area contributed by atoms with Gasteiger partial charge in [0.2, 0.25) is 0 Å². The molecule has 0 amide bonds. The van der Waals surface area contributed by atoms with Crippen LogP contribution in [0.1, 0.15) is 33.9 Å². The number of benzene rings is 2. The minimum atomic E-state index is -0.692. The number of methoxy groups -OCH3 is 1. The van der Waals surface area contributed by atoms with E-state index in [1.54, 1.807) is 7.11 Å². The second-order valence-electron chi connectivity index (χ2n) is 5.11. The van der Waals surface area contributed by atoms with Gasteiger partial charge < -0.3 is 9.84 Å². The molecule has 0 saturated carbocycles. The molecule has 0 aromatic heterocycles.